The number of carbonyl (C=O) groups is 1. The first-order chi connectivity index (χ1) is 10.6. The molecule has 2 aromatic rings. The van der Waals surface area contributed by atoms with Crippen LogP contribution in [-0.4, -0.2) is 12.4 Å². The van der Waals surface area contributed by atoms with Crippen LogP contribution in [0.5, 0.6) is 5.75 Å². The van der Waals surface area contributed by atoms with Crippen LogP contribution in [0.25, 0.3) is 6.08 Å². The first kappa shape index (κ1) is 15.6. The van der Waals surface area contributed by atoms with Crippen LogP contribution in [0.2, 0.25) is 0 Å². The zero-order chi connectivity index (χ0) is 15.9. The largest absolute Gasteiger partial charge is 0.490 e. The van der Waals surface area contributed by atoms with Crippen molar-refractivity contribution in [2.75, 3.05) is 6.61 Å². The Morgan fingerprint density at radius 2 is 1.82 bits per heavy atom. The molecule has 2 rings (SSSR count). The lowest BCUT2D eigenvalue weighted by molar-refractivity contribution is 0.104. The maximum atomic E-state index is 13.1. The molecule has 0 aromatic heterocycles. The molecule has 0 amide bonds. The third-order valence-electron chi connectivity index (χ3n) is 2.88. The van der Waals surface area contributed by atoms with Crippen molar-refractivity contribution in [3.05, 3.63) is 84.0 Å². The van der Waals surface area contributed by atoms with E-state index in [4.69, 9.17) is 4.74 Å². The number of allylic oxidation sites excluding steroid dienone is 1. The van der Waals surface area contributed by atoms with Crippen LogP contribution in [-0.2, 0) is 0 Å². The fourth-order valence-electron chi connectivity index (χ4n) is 1.75. The molecule has 0 heterocycles. The van der Waals surface area contributed by atoms with E-state index in [2.05, 4.69) is 6.58 Å². The molecule has 0 atom stereocenters. The van der Waals surface area contributed by atoms with Gasteiger partial charge in [0.25, 0.3) is 0 Å². The van der Waals surface area contributed by atoms with Gasteiger partial charge < -0.3 is 4.74 Å². The fraction of sp³-hybridized carbons (Fsp3) is 0.0556. The van der Waals surface area contributed by atoms with Crippen LogP contribution in [0.4, 0.5) is 8.78 Å². The molecule has 0 saturated carbocycles. The maximum Gasteiger partial charge on any atom is 0.185 e. The Bertz CT molecular complexity index is 704. The zero-order valence-corrected chi connectivity index (χ0v) is 11.8. The van der Waals surface area contributed by atoms with Crippen molar-refractivity contribution >= 4 is 11.9 Å². The normalized spacial score (nSPS) is 10.6. The van der Waals surface area contributed by atoms with Crippen molar-refractivity contribution in [1.82, 2.24) is 0 Å². The Morgan fingerprint density at radius 3 is 2.45 bits per heavy atom. The summed E-state index contributed by atoms with van der Waals surface area (Å²) >= 11 is 0. The molecule has 0 saturated heterocycles. The van der Waals surface area contributed by atoms with Crippen LogP contribution in [0.15, 0.2) is 61.2 Å². The van der Waals surface area contributed by atoms with Crippen LogP contribution in [0, 0.1) is 11.6 Å². The maximum absolute atomic E-state index is 13.1. The summed E-state index contributed by atoms with van der Waals surface area (Å²) in [6.07, 6.45) is 4.56. The van der Waals surface area contributed by atoms with Crippen molar-refractivity contribution in [3.8, 4) is 5.75 Å². The van der Waals surface area contributed by atoms with Gasteiger partial charge in [0.15, 0.2) is 17.4 Å². The highest BCUT2D eigenvalue weighted by Crippen LogP contribution is 2.14. The molecule has 112 valence electrons. The first-order valence-electron chi connectivity index (χ1n) is 6.61. The van der Waals surface area contributed by atoms with Gasteiger partial charge in [0.1, 0.15) is 12.4 Å². The lowest BCUT2D eigenvalue weighted by Crippen LogP contribution is -1.96. The SMILES string of the molecule is C=CCOc1ccc(C=CC(=O)c2ccc(F)c(F)c2)cc1. The van der Waals surface area contributed by atoms with E-state index < -0.39 is 17.4 Å². The third kappa shape index (κ3) is 4.12. The molecule has 2 aromatic carbocycles. The van der Waals surface area contributed by atoms with Crippen LogP contribution in [0.1, 0.15) is 15.9 Å². The zero-order valence-electron chi connectivity index (χ0n) is 11.8. The average Bonchev–Trinajstić information content (AvgIpc) is 2.54. The van der Waals surface area contributed by atoms with Crippen LogP contribution < -0.4 is 4.74 Å². The van der Waals surface area contributed by atoms with E-state index in [0.717, 1.165) is 17.7 Å². The summed E-state index contributed by atoms with van der Waals surface area (Å²) in [7, 11) is 0. The molecule has 2 nitrogen and oxygen atoms in total. The minimum atomic E-state index is -1.04. The van der Waals surface area contributed by atoms with E-state index in [9.17, 15) is 13.6 Å². The Kier molecular flexibility index (Phi) is 5.20. The molecule has 0 spiro atoms. The molecule has 4 heteroatoms. The van der Waals surface area contributed by atoms with E-state index in [-0.39, 0.29) is 5.56 Å². The molecular formula is C18H14F2O2. The van der Waals surface area contributed by atoms with Gasteiger partial charge >= 0.3 is 0 Å². The second-order valence-corrected chi connectivity index (χ2v) is 4.50. The van der Waals surface area contributed by atoms with E-state index in [1.807, 2.05) is 0 Å². The summed E-state index contributed by atoms with van der Waals surface area (Å²) in [5.41, 5.74) is 0.892. The van der Waals surface area contributed by atoms with E-state index >= 15 is 0 Å². The summed E-state index contributed by atoms with van der Waals surface area (Å²) in [5, 5.41) is 0. The number of ether oxygens (including phenoxy) is 1. The summed E-state index contributed by atoms with van der Waals surface area (Å²) in [6.45, 7) is 3.98. The predicted molar refractivity (Wildman–Crippen MR) is 81.9 cm³/mol. The molecule has 0 fully saturated rings. The number of benzene rings is 2. The molecule has 0 aliphatic rings. The van der Waals surface area contributed by atoms with Gasteiger partial charge in [-0.15, -0.1) is 0 Å². The van der Waals surface area contributed by atoms with Crippen molar-refractivity contribution in [2.24, 2.45) is 0 Å². The van der Waals surface area contributed by atoms with Gasteiger partial charge in [0, 0.05) is 5.56 Å². The second-order valence-electron chi connectivity index (χ2n) is 4.50. The molecule has 22 heavy (non-hydrogen) atoms. The fourth-order valence-corrected chi connectivity index (χ4v) is 1.75. The van der Waals surface area contributed by atoms with E-state index in [1.54, 1.807) is 36.4 Å². The van der Waals surface area contributed by atoms with Gasteiger partial charge in [-0.2, -0.15) is 0 Å². The Hall–Kier alpha value is -2.75. The molecular weight excluding hydrogens is 286 g/mol. The summed E-state index contributed by atoms with van der Waals surface area (Å²) < 4.78 is 31.2. The average molecular weight is 300 g/mol. The van der Waals surface area contributed by atoms with Crippen molar-refractivity contribution in [3.63, 3.8) is 0 Å². The number of hydrogen-bond acceptors (Lipinski definition) is 2. The highest BCUT2D eigenvalue weighted by Gasteiger charge is 2.07. The van der Waals surface area contributed by atoms with Crippen LogP contribution in [0.3, 0.4) is 0 Å². The molecule has 0 radical (unpaired) electrons. The number of ketones is 1. The number of hydrogen-bond donors (Lipinski definition) is 0. The second kappa shape index (κ2) is 7.31. The molecule has 0 aliphatic heterocycles. The van der Waals surface area contributed by atoms with Crippen molar-refractivity contribution in [2.45, 2.75) is 0 Å². The number of carbonyl (C=O) groups excluding carboxylic acids is 1. The quantitative estimate of drug-likeness (QED) is 0.448. The van der Waals surface area contributed by atoms with Crippen molar-refractivity contribution < 1.29 is 18.3 Å². The van der Waals surface area contributed by atoms with Crippen molar-refractivity contribution in [1.29, 1.82) is 0 Å². The standard InChI is InChI=1S/C18H14F2O2/c1-2-11-22-15-7-3-13(4-8-15)5-10-18(21)14-6-9-16(19)17(20)12-14/h2-10,12H,1,11H2. The smallest absolute Gasteiger partial charge is 0.185 e. The molecule has 0 aliphatic carbocycles. The minimum absolute atomic E-state index is 0.0982. The van der Waals surface area contributed by atoms with Gasteiger partial charge in [0.2, 0.25) is 0 Å². The Balaban J connectivity index is 2.05. The number of rotatable bonds is 6. The van der Waals surface area contributed by atoms with Gasteiger partial charge in [-0.25, -0.2) is 8.78 Å². The summed E-state index contributed by atoms with van der Waals surface area (Å²) in [5.74, 6) is -1.71. The molecule has 0 bridgehead atoms. The monoisotopic (exact) mass is 300 g/mol. The highest BCUT2D eigenvalue weighted by molar-refractivity contribution is 6.06. The Morgan fingerprint density at radius 1 is 1.09 bits per heavy atom. The third-order valence-corrected chi connectivity index (χ3v) is 2.88. The lowest BCUT2D eigenvalue weighted by atomic mass is 10.1. The topological polar surface area (TPSA) is 26.3 Å². The molecule has 0 N–H and O–H groups in total. The van der Waals surface area contributed by atoms with Gasteiger partial charge in [-0.3, -0.25) is 4.79 Å². The molecule has 0 unspecified atom stereocenters. The Labute approximate surface area is 127 Å². The van der Waals surface area contributed by atoms with E-state index in [0.29, 0.717) is 12.4 Å². The lowest BCUT2D eigenvalue weighted by Gasteiger charge is -2.02. The number of halogens is 2. The summed E-state index contributed by atoms with van der Waals surface area (Å²) in [6, 6.07) is 10.2. The minimum Gasteiger partial charge on any atom is -0.490 e. The van der Waals surface area contributed by atoms with E-state index in [1.165, 1.54) is 12.1 Å². The van der Waals surface area contributed by atoms with Gasteiger partial charge in [0.05, 0.1) is 0 Å². The van der Waals surface area contributed by atoms with Crippen LogP contribution >= 0.6 is 0 Å². The first-order valence-corrected chi connectivity index (χ1v) is 6.61. The highest BCUT2D eigenvalue weighted by atomic mass is 19.2. The van der Waals surface area contributed by atoms with Gasteiger partial charge in [-0.05, 0) is 42.0 Å². The predicted octanol–water partition coefficient (Wildman–Crippen LogP) is 4.43. The summed E-state index contributed by atoms with van der Waals surface area (Å²) in [4.78, 5) is 11.9. The van der Waals surface area contributed by atoms with Gasteiger partial charge in [-0.1, -0.05) is 30.9 Å².